The predicted octanol–water partition coefficient (Wildman–Crippen LogP) is -0.0678. The highest BCUT2D eigenvalue weighted by molar-refractivity contribution is 7.75. The molecule has 2 bridgehead atoms. The molecule has 1 aliphatic heterocycles. The van der Waals surface area contributed by atoms with E-state index in [1.54, 1.807) is 0 Å². The quantitative estimate of drug-likeness (QED) is 0.580. The molecule has 66 valence electrons. The first kappa shape index (κ1) is 7.15. The summed E-state index contributed by atoms with van der Waals surface area (Å²) in [6.45, 7) is 0. The smallest absolute Gasteiger partial charge is 0.375 e. The minimum atomic E-state index is -1.64. The Morgan fingerprint density at radius 2 is 1.62 bits per heavy atom. The van der Waals surface area contributed by atoms with E-state index in [0.29, 0.717) is 6.42 Å². The lowest BCUT2D eigenvalue weighted by Crippen LogP contribution is -2.22. The van der Waals surface area contributed by atoms with Gasteiger partial charge in [0, 0.05) is 10.4 Å². The first-order valence-electron chi connectivity index (χ1n) is 3.94. The van der Waals surface area contributed by atoms with Crippen LogP contribution in [0, 0.1) is 0 Å². The third-order valence-corrected chi connectivity index (χ3v) is 2.86. The zero-order chi connectivity index (χ0) is 8.84. The Hall–Kier alpha value is -1.29. The lowest BCUT2D eigenvalue weighted by atomic mass is 10.3. The zero-order valence-corrected chi connectivity index (χ0v) is 7.47. The first-order valence-corrected chi connectivity index (χ1v) is 4.94. The van der Waals surface area contributed by atoms with Gasteiger partial charge >= 0.3 is 11.4 Å². The standard InChI is InChI=1S/C9H6O3S/c10-13-11-8-5-9(12-13)7-4-2-1-3-6(7)8/h1-4H,5H2. The van der Waals surface area contributed by atoms with Gasteiger partial charge in [-0.1, -0.05) is 24.3 Å². The molecule has 13 heavy (non-hydrogen) atoms. The Kier molecular flexibility index (Phi) is 1.29. The summed E-state index contributed by atoms with van der Waals surface area (Å²) in [5, 5.41) is 2.01. The average molecular weight is 194 g/mol. The highest BCUT2D eigenvalue weighted by Crippen LogP contribution is 2.25. The molecule has 1 aromatic carbocycles. The van der Waals surface area contributed by atoms with Crippen molar-refractivity contribution in [3.05, 3.63) is 34.7 Å². The Morgan fingerprint density at radius 3 is 2.15 bits per heavy atom. The number of rotatable bonds is 0. The van der Waals surface area contributed by atoms with Crippen molar-refractivity contribution in [1.29, 1.82) is 0 Å². The summed E-state index contributed by atoms with van der Waals surface area (Å²) in [6.07, 6.45) is 0.630. The molecule has 3 nitrogen and oxygen atoms in total. The molecule has 2 aliphatic rings. The highest BCUT2D eigenvalue weighted by atomic mass is 32.2. The monoisotopic (exact) mass is 194 g/mol. The molecule has 0 N–H and O–H groups in total. The van der Waals surface area contributed by atoms with Crippen LogP contribution in [0.4, 0.5) is 0 Å². The van der Waals surface area contributed by atoms with E-state index in [1.807, 2.05) is 24.3 Å². The van der Waals surface area contributed by atoms with Crippen molar-refractivity contribution in [2.45, 2.75) is 6.42 Å². The molecule has 1 saturated heterocycles. The van der Waals surface area contributed by atoms with Gasteiger partial charge in [0.2, 0.25) is 0 Å². The van der Waals surface area contributed by atoms with Gasteiger partial charge in [0.05, 0.1) is 6.42 Å². The fourth-order valence-corrected chi connectivity index (χ4v) is 2.30. The van der Waals surface area contributed by atoms with Gasteiger partial charge in [-0.3, -0.25) is 0 Å². The maximum atomic E-state index is 11.0. The number of hydrogen-bond donors (Lipinski definition) is 0. The van der Waals surface area contributed by atoms with E-state index in [2.05, 4.69) is 0 Å². The van der Waals surface area contributed by atoms with Gasteiger partial charge in [-0.2, -0.15) is 4.21 Å². The summed E-state index contributed by atoms with van der Waals surface area (Å²) in [6, 6.07) is 7.76. The first-order chi connectivity index (χ1) is 6.34. The van der Waals surface area contributed by atoms with E-state index in [1.165, 1.54) is 0 Å². The summed E-state index contributed by atoms with van der Waals surface area (Å²) in [7, 11) is 0. The van der Waals surface area contributed by atoms with Crippen molar-refractivity contribution < 1.29 is 12.6 Å². The van der Waals surface area contributed by atoms with Crippen molar-refractivity contribution in [3.63, 3.8) is 0 Å². The molecule has 0 atom stereocenters. The van der Waals surface area contributed by atoms with Gasteiger partial charge < -0.3 is 8.37 Å². The Balaban J connectivity index is 2.47. The molecule has 0 spiro atoms. The van der Waals surface area contributed by atoms with Crippen molar-refractivity contribution in [2.75, 3.05) is 0 Å². The third kappa shape index (κ3) is 0.920. The summed E-state index contributed by atoms with van der Waals surface area (Å²) >= 11 is -1.64. The summed E-state index contributed by atoms with van der Waals surface area (Å²) in [5.74, 6) is 1.52. The lowest BCUT2D eigenvalue weighted by molar-refractivity contribution is 0.384. The maximum absolute atomic E-state index is 11.0. The second-order valence-electron chi connectivity index (χ2n) is 2.94. The molecule has 0 saturated carbocycles. The average Bonchev–Trinajstić information content (AvgIpc) is 2.41. The van der Waals surface area contributed by atoms with Crippen molar-refractivity contribution in [1.82, 2.24) is 0 Å². The molecular weight excluding hydrogens is 188 g/mol. The fourth-order valence-electron chi connectivity index (χ4n) is 1.64. The molecule has 1 fully saturated rings. The molecule has 0 aromatic heterocycles. The van der Waals surface area contributed by atoms with Crippen LogP contribution in [0.25, 0.3) is 11.5 Å². The fraction of sp³-hybridized carbons (Fsp3) is 0.111. The van der Waals surface area contributed by atoms with Crippen LogP contribution >= 0.6 is 0 Å². The molecule has 1 aliphatic carbocycles. The summed E-state index contributed by atoms with van der Waals surface area (Å²) < 4.78 is 21.1. The van der Waals surface area contributed by atoms with Gasteiger partial charge in [0.25, 0.3) is 0 Å². The third-order valence-electron chi connectivity index (χ3n) is 2.19. The van der Waals surface area contributed by atoms with Crippen LogP contribution in [0.15, 0.2) is 24.3 Å². The zero-order valence-electron chi connectivity index (χ0n) is 6.65. The molecule has 0 radical (unpaired) electrons. The Labute approximate surface area is 77.2 Å². The van der Waals surface area contributed by atoms with E-state index in [-0.39, 0.29) is 0 Å². The molecule has 1 heterocycles. The van der Waals surface area contributed by atoms with Gasteiger partial charge in [0.1, 0.15) is 11.5 Å². The molecular formula is C9H6O3S. The van der Waals surface area contributed by atoms with Gasteiger partial charge in [-0.25, -0.2) is 0 Å². The molecule has 0 unspecified atom stereocenters. The molecule has 4 heteroatoms. The van der Waals surface area contributed by atoms with Crippen LogP contribution in [0.1, 0.15) is 6.42 Å². The summed E-state index contributed by atoms with van der Waals surface area (Å²) in [5.41, 5.74) is 0. The van der Waals surface area contributed by atoms with Crippen molar-refractivity contribution >= 4 is 22.9 Å². The second kappa shape index (κ2) is 2.35. The predicted molar refractivity (Wildman–Crippen MR) is 47.4 cm³/mol. The number of benzene rings is 1. The Bertz CT molecular complexity index is 473. The molecule has 1 aromatic rings. The van der Waals surface area contributed by atoms with E-state index in [9.17, 15) is 4.21 Å². The van der Waals surface area contributed by atoms with Crippen LogP contribution in [-0.4, -0.2) is 4.21 Å². The van der Waals surface area contributed by atoms with Crippen LogP contribution in [0.5, 0.6) is 0 Å². The van der Waals surface area contributed by atoms with Crippen LogP contribution in [0.3, 0.4) is 0 Å². The number of fused-ring (bicyclic) bond motifs is 3. The largest absolute Gasteiger partial charge is 0.417 e. The number of hydrogen-bond acceptors (Lipinski definition) is 3. The summed E-state index contributed by atoms with van der Waals surface area (Å²) in [4.78, 5) is 0. The van der Waals surface area contributed by atoms with Gasteiger partial charge in [0.15, 0.2) is 0 Å². The lowest BCUT2D eigenvalue weighted by Gasteiger charge is -2.12. The normalized spacial score (nSPS) is 19.4. The molecule has 0 amide bonds. The minimum Gasteiger partial charge on any atom is -0.375 e. The van der Waals surface area contributed by atoms with Crippen LogP contribution < -0.4 is 10.4 Å². The maximum Gasteiger partial charge on any atom is 0.417 e. The van der Waals surface area contributed by atoms with E-state index in [0.717, 1.165) is 22.0 Å². The van der Waals surface area contributed by atoms with E-state index < -0.39 is 11.4 Å². The van der Waals surface area contributed by atoms with E-state index >= 15 is 0 Å². The Morgan fingerprint density at radius 1 is 1.08 bits per heavy atom. The minimum absolute atomic E-state index is 0.630. The van der Waals surface area contributed by atoms with Crippen molar-refractivity contribution in [3.8, 4) is 0 Å². The van der Waals surface area contributed by atoms with Gasteiger partial charge in [-0.15, -0.1) is 0 Å². The topological polar surface area (TPSA) is 35.5 Å². The van der Waals surface area contributed by atoms with Crippen molar-refractivity contribution in [2.24, 2.45) is 0 Å². The second-order valence-corrected chi connectivity index (χ2v) is 3.68. The van der Waals surface area contributed by atoms with Crippen LogP contribution in [-0.2, 0) is 19.7 Å². The highest BCUT2D eigenvalue weighted by Gasteiger charge is 2.26. The van der Waals surface area contributed by atoms with Crippen LogP contribution in [0.2, 0.25) is 0 Å². The SMILES string of the molecule is O=S1OC2=c3ccccc3=C(C2)O1. The van der Waals surface area contributed by atoms with E-state index in [4.69, 9.17) is 8.37 Å². The van der Waals surface area contributed by atoms with Gasteiger partial charge in [-0.05, 0) is 0 Å². The molecule has 3 rings (SSSR count).